The van der Waals surface area contributed by atoms with E-state index in [0.29, 0.717) is 17.7 Å². The molecule has 1 aromatic carbocycles. The van der Waals surface area contributed by atoms with Crippen molar-refractivity contribution in [1.29, 1.82) is 0 Å². The Labute approximate surface area is 122 Å². The lowest BCUT2D eigenvalue weighted by Gasteiger charge is -2.13. The third-order valence-electron chi connectivity index (χ3n) is 2.67. The van der Waals surface area contributed by atoms with Crippen LogP contribution >= 0.6 is 0 Å². The van der Waals surface area contributed by atoms with Gasteiger partial charge in [0.05, 0.1) is 0 Å². The van der Waals surface area contributed by atoms with Crippen molar-refractivity contribution in [3.63, 3.8) is 0 Å². The molecule has 0 saturated carbocycles. The molecule has 0 aliphatic rings. The summed E-state index contributed by atoms with van der Waals surface area (Å²) in [6.07, 6.45) is 2.34. The number of aliphatic hydroxyl groups is 1. The minimum atomic E-state index is -0.839. The van der Waals surface area contributed by atoms with Crippen LogP contribution in [0.25, 0.3) is 0 Å². The third-order valence-corrected chi connectivity index (χ3v) is 3.49. The molecule has 0 aliphatic carbocycles. The highest BCUT2D eigenvalue weighted by Crippen LogP contribution is 2.04. The van der Waals surface area contributed by atoms with Gasteiger partial charge >= 0.3 is 0 Å². The van der Waals surface area contributed by atoms with E-state index in [2.05, 4.69) is 17.2 Å². The van der Waals surface area contributed by atoms with Gasteiger partial charge < -0.3 is 10.4 Å². The van der Waals surface area contributed by atoms with Crippen LogP contribution in [-0.4, -0.2) is 39.9 Å². The molecular formula is C15H19NO3S. The Hall–Kier alpha value is -1.64. The summed E-state index contributed by atoms with van der Waals surface area (Å²) >= 11 is 0. The first-order valence-corrected chi connectivity index (χ1v) is 8.06. The van der Waals surface area contributed by atoms with Gasteiger partial charge in [0.1, 0.15) is 6.61 Å². The normalized spacial score (nSPS) is 12.9. The van der Waals surface area contributed by atoms with Crippen molar-refractivity contribution in [1.82, 2.24) is 5.32 Å². The molecule has 0 bridgehead atoms. The topological polar surface area (TPSA) is 66.4 Å². The summed E-state index contributed by atoms with van der Waals surface area (Å²) < 4.78 is 11.0. The van der Waals surface area contributed by atoms with Crippen LogP contribution in [0.1, 0.15) is 29.3 Å². The van der Waals surface area contributed by atoms with Gasteiger partial charge in [0.15, 0.2) is 0 Å². The summed E-state index contributed by atoms with van der Waals surface area (Å²) in [5.74, 6) is 5.75. The van der Waals surface area contributed by atoms with Gasteiger partial charge in [0, 0.05) is 40.0 Å². The quantitative estimate of drug-likeness (QED) is 0.793. The second kappa shape index (κ2) is 8.51. The van der Waals surface area contributed by atoms with E-state index in [1.165, 1.54) is 0 Å². The Morgan fingerprint density at radius 2 is 2.05 bits per heavy atom. The lowest BCUT2D eigenvalue weighted by Crippen LogP contribution is -2.33. The zero-order chi connectivity index (χ0) is 15.0. The number of aliphatic hydroxyl groups excluding tert-OH is 1. The second-order valence-electron chi connectivity index (χ2n) is 4.48. The number of carbonyl (C=O) groups excluding carboxylic acids is 1. The maximum atomic E-state index is 12.0. The maximum absolute atomic E-state index is 12.0. The van der Waals surface area contributed by atoms with Crippen LogP contribution in [0.4, 0.5) is 0 Å². The van der Waals surface area contributed by atoms with Crippen LogP contribution in [0.2, 0.25) is 0 Å². The molecule has 0 spiro atoms. The molecule has 20 heavy (non-hydrogen) atoms. The molecule has 1 rings (SSSR count). The lowest BCUT2D eigenvalue weighted by atomic mass is 10.1. The van der Waals surface area contributed by atoms with Crippen molar-refractivity contribution < 1.29 is 14.1 Å². The predicted octanol–water partition coefficient (Wildman–Crippen LogP) is 0.917. The largest absolute Gasteiger partial charge is 0.384 e. The molecule has 1 amide bonds. The molecule has 5 heteroatoms. The van der Waals surface area contributed by atoms with Crippen molar-refractivity contribution in [2.45, 2.75) is 19.4 Å². The summed E-state index contributed by atoms with van der Waals surface area (Å²) in [4.78, 5) is 12.0. The van der Waals surface area contributed by atoms with Gasteiger partial charge in [-0.05, 0) is 37.6 Å². The average Bonchev–Trinajstić information content (AvgIpc) is 2.43. The number of benzene rings is 1. The average molecular weight is 293 g/mol. The Kier molecular flexibility index (Phi) is 6.99. The third kappa shape index (κ3) is 6.00. The van der Waals surface area contributed by atoms with Gasteiger partial charge in [0.2, 0.25) is 0 Å². The monoisotopic (exact) mass is 293 g/mol. The number of carbonyl (C=O) groups is 1. The fourth-order valence-corrected chi connectivity index (χ4v) is 2.25. The minimum Gasteiger partial charge on any atom is -0.384 e. The second-order valence-corrected chi connectivity index (χ2v) is 6.03. The molecule has 2 unspecified atom stereocenters. The number of hydrogen-bond acceptors (Lipinski definition) is 3. The van der Waals surface area contributed by atoms with Gasteiger partial charge in [-0.25, -0.2) is 0 Å². The molecule has 0 aliphatic heterocycles. The number of rotatable bonds is 5. The fraction of sp³-hybridized carbons (Fsp3) is 0.400. The molecule has 1 aromatic rings. The summed E-state index contributed by atoms with van der Waals surface area (Å²) in [5.41, 5.74) is 1.31. The molecule has 0 heterocycles. The van der Waals surface area contributed by atoms with Crippen molar-refractivity contribution in [3.05, 3.63) is 35.4 Å². The van der Waals surface area contributed by atoms with Gasteiger partial charge in [-0.1, -0.05) is 11.8 Å². The van der Waals surface area contributed by atoms with E-state index in [0.717, 1.165) is 5.56 Å². The summed E-state index contributed by atoms with van der Waals surface area (Å²) in [7, 11) is -0.839. The van der Waals surface area contributed by atoms with Gasteiger partial charge in [-0.15, -0.1) is 0 Å². The number of nitrogens with one attached hydrogen (secondary N) is 1. The van der Waals surface area contributed by atoms with E-state index in [-0.39, 0.29) is 18.6 Å². The van der Waals surface area contributed by atoms with Crippen molar-refractivity contribution in [2.24, 2.45) is 0 Å². The van der Waals surface area contributed by atoms with Crippen LogP contribution in [-0.2, 0) is 10.8 Å². The Morgan fingerprint density at radius 3 is 2.60 bits per heavy atom. The van der Waals surface area contributed by atoms with E-state index in [1.807, 2.05) is 6.92 Å². The molecule has 2 N–H and O–H groups in total. The number of amides is 1. The van der Waals surface area contributed by atoms with E-state index < -0.39 is 10.8 Å². The first kappa shape index (κ1) is 16.4. The molecule has 0 fully saturated rings. The van der Waals surface area contributed by atoms with E-state index in [1.54, 1.807) is 30.5 Å². The fourth-order valence-electron chi connectivity index (χ4n) is 1.57. The van der Waals surface area contributed by atoms with E-state index >= 15 is 0 Å². The Bertz CT molecular complexity index is 528. The minimum absolute atomic E-state index is 0.0137. The summed E-state index contributed by atoms with van der Waals surface area (Å²) in [5, 5.41) is 11.5. The van der Waals surface area contributed by atoms with Crippen LogP contribution in [0.5, 0.6) is 0 Å². The highest BCUT2D eigenvalue weighted by molar-refractivity contribution is 7.84. The van der Waals surface area contributed by atoms with Gasteiger partial charge in [-0.2, -0.15) is 0 Å². The SMILES string of the molecule is CC(CCS(C)=O)NC(=O)c1ccc(C#CCO)cc1. The first-order chi connectivity index (χ1) is 9.52. The molecule has 0 radical (unpaired) electrons. The van der Waals surface area contributed by atoms with Crippen LogP contribution in [0.15, 0.2) is 24.3 Å². The summed E-state index contributed by atoms with van der Waals surface area (Å²) in [6.45, 7) is 1.71. The molecular weight excluding hydrogens is 274 g/mol. The number of hydrogen-bond donors (Lipinski definition) is 2. The van der Waals surface area contributed by atoms with Crippen molar-refractivity contribution in [3.8, 4) is 11.8 Å². The smallest absolute Gasteiger partial charge is 0.251 e. The zero-order valence-corrected chi connectivity index (χ0v) is 12.5. The zero-order valence-electron chi connectivity index (χ0n) is 11.7. The first-order valence-electron chi connectivity index (χ1n) is 6.33. The lowest BCUT2D eigenvalue weighted by molar-refractivity contribution is 0.0939. The van der Waals surface area contributed by atoms with Crippen LogP contribution in [0.3, 0.4) is 0 Å². The van der Waals surface area contributed by atoms with E-state index in [9.17, 15) is 9.00 Å². The highest BCUT2D eigenvalue weighted by Gasteiger charge is 2.09. The van der Waals surface area contributed by atoms with Gasteiger partial charge in [-0.3, -0.25) is 9.00 Å². The highest BCUT2D eigenvalue weighted by atomic mass is 32.2. The molecule has 4 nitrogen and oxygen atoms in total. The molecule has 108 valence electrons. The standard InChI is InChI=1S/C15H19NO3S/c1-12(9-11-20(2)19)16-15(18)14-7-5-13(6-8-14)4-3-10-17/h5-8,12,17H,9-11H2,1-2H3,(H,16,18). The van der Waals surface area contributed by atoms with Crippen LogP contribution < -0.4 is 5.32 Å². The van der Waals surface area contributed by atoms with Crippen molar-refractivity contribution in [2.75, 3.05) is 18.6 Å². The molecule has 0 saturated heterocycles. The predicted molar refractivity (Wildman–Crippen MR) is 80.9 cm³/mol. The van der Waals surface area contributed by atoms with Crippen LogP contribution in [0, 0.1) is 11.8 Å². The Morgan fingerprint density at radius 1 is 1.40 bits per heavy atom. The molecule has 2 atom stereocenters. The van der Waals surface area contributed by atoms with E-state index in [4.69, 9.17) is 5.11 Å². The van der Waals surface area contributed by atoms with Crippen molar-refractivity contribution >= 4 is 16.7 Å². The molecule has 0 aromatic heterocycles. The van der Waals surface area contributed by atoms with Gasteiger partial charge in [0.25, 0.3) is 5.91 Å². The maximum Gasteiger partial charge on any atom is 0.251 e. The Balaban J connectivity index is 2.57. The summed E-state index contributed by atoms with van der Waals surface area (Å²) in [6, 6.07) is 6.86.